The first-order valence-electron chi connectivity index (χ1n) is 13.2. The number of ether oxygens (including phenoxy) is 1. The van der Waals surface area contributed by atoms with Crippen LogP contribution in [0.1, 0.15) is 60.8 Å². The monoisotopic (exact) mass is 693 g/mol. The van der Waals surface area contributed by atoms with Crippen molar-refractivity contribution in [3.05, 3.63) is 72.9 Å². The number of benzene rings is 3. The normalized spacial score (nSPS) is 13.3. The number of rotatable bonds is 8. The maximum atomic E-state index is 10.0. The first-order valence-corrected chi connectivity index (χ1v) is 13.2. The smallest absolute Gasteiger partial charge is 0.113 e. The van der Waals surface area contributed by atoms with Crippen LogP contribution in [0.2, 0.25) is 0 Å². The van der Waals surface area contributed by atoms with Gasteiger partial charge in [-0.25, -0.2) is 0 Å². The first kappa shape index (κ1) is 31.9. The maximum absolute atomic E-state index is 10.0. The largest absolute Gasteiger partial charge is 0.497 e. The van der Waals surface area contributed by atoms with E-state index in [0.717, 1.165) is 29.8 Å². The molecule has 4 aromatic rings. The Hall–Kier alpha value is -2.30. The second kappa shape index (κ2) is 13.7. The Morgan fingerprint density at radius 3 is 2.05 bits per heavy atom. The van der Waals surface area contributed by atoms with Crippen LogP contribution in [0.15, 0.2) is 66.9 Å². The van der Waals surface area contributed by atoms with Gasteiger partial charge in [0.2, 0.25) is 0 Å². The van der Waals surface area contributed by atoms with Gasteiger partial charge in [0.1, 0.15) is 5.75 Å². The zero-order valence-corrected chi connectivity index (χ0v) is 26.1. The number of hydrogen-bond acceptors (Lipinski definition) is 4. The molecular weight excluding hydrogens is 651 g/mol. The SMILES string of the molecule is CCC(C)(C)C(O)CC(O)C(C)(C)CC.COc1ccnc(-c2[c-]cc3c(ccc4ccccc43)c2)c1.[Ir]. The molecule has 207 valence electrons. The molecule has 1 radical (unpaired) electrons. The summed E-state index contributed by atoms with van der Waals surface area (Å²) >= 11 is 0. The van der Waals surface area contributed by atoms with Crippen LogP contribution in [-0.4, -0.2) is 34.5 Å². The van der Waals surface area contributed by atoms with Gasteiger partial charge in [0.25, 0.3) is 0 Å². The molecule has 0 fully saturated rings. The molecule has 0 aliphatic rings. The van der Waals surface area contributed by atoms with Crippen LogP contribution in [0.4, 0.5) is 0 Å². The summed E-state index contributed by atoms with van der Waals surface area (Å²) in [7, 11) is 1.66. The number of hydrogen-bond donors (Lipinski definition) is 2. The van der Waals surface area contributed by atoms with Crippen LogP contribution in [0, 0.1) is 16.9 Å². The van der Waals surface area contributed by atoms with Crippen molar-refractivity contribution in [2.75, 3.05) is 7.11 Å². The van der Waals surface area contributed by atoms with Crippen molar-refractivity contribution in [1.82, 2.24) is 4.98 Å². The molecule has 0 aliphatic carbocycles. The Morgan fingerprint density at radius 2 is 1.45 bits per heavy atom. The summed E-state index contributed by atoms with van der Waals surface area (Å²) in [6.07, 6.45) is 3.22. The fourth-order valence-electron chi connectivity index (χ4n) is 4.10. The summed E-state index contributed by atoms with van der Waals surface area (Å²) < 4.78 is 5.27. The van der Waals surface area contributed by atoms with Crippen molar-refractivity contribution >= 4 is 21.5 Å². The molecule has 38 heavy (non-hydrogen) atoms. The minimum atomic E-state index is -0.427. The first-order chi connectivity index (χ1) is 17.5. The van der Waals surface area contributed by atoms with Gasteiger partial charge in [-0.15, -0.1) is 29.1 Å². The summed E-state index contributed by atoms with van der Waals surface area (Å²) in [5.41, 5.74) is 1.63. The van der Waals surface area contributed by atoms with Gasteiger partial charge in [0.15, 0.2) is 0 Å². The second-order valence-electron chi connectivity index (χ2n) is 11.2. The van der Waals surface area contributed by atoms with Crippen LogP contribution < -0.4 is 4.74 Å². The quantitative estimate of drug-likeness (QED) is 0.146. The van der Waals surface area contributed by atoms with Gasteiger partial charge in [-0.2, -0.15) is 0 Å². The van der Waals surface area contributed by atoms with Gasteiger partial charge in [0.05, 0.1) is 19.3 Å². The van der Waals surface area contributed by atoms with E-state index in [2.05, 4.69) is 67.4 Å². The van der Waals surface area contributed by atoms with Gasteiger partial charge >= 0.3 is 0 Å². The third-order valence-corrected chi connectivity index (χ3v) is 7.99. The maximum Gasteiger partial charge on any atom is 0.113 e. The molecule has 1 aromatic heterocycles. The van der Waals surface area contributed by atoms with E-state index in [1.807, 2.05) is 45.9 Å². The Morgan fingerprint density at radius 1 is 0.842 bits per heavy atom. The molecule has 4 rings (SSSR count). The Balaban J connectivity index is 0.000000282. The third-order valence-electron chi connectivity index (χ3n) is 7.99. The fraction of sp³-hybridized carbons (Fsp3) is 0.424. The predicted molar refractivity (Wildman–Crippen MR) is 155 cm³/mol. The zero-order valence-electron chi connectivity index (χ0n) is 23.7. The average Bonchev–Trinajstić information content (AvgIpc) is 2.92. The molecule has 2 atom stereocenters. The van der Waals surface area contributed by atoms with E-state index in [1.165, 1.54) is 21.5 Å². The minimum Gasteiger partial charge on any atom is -0.497 e. The molecule has 3 aromatic carbocycles. The summed E-state index contributed by atoms with van der Waals surface area (Å²) in [6, 6.07) is 24.0. The molecule has 1 heterocycles. The fourth-order valence-corrected chi connectivity index (χ4v) is 4.10. The number of methoxy groups -OCH3 is 1. The number of aliphatic hydroxyl groups excluding tert-OH is 2. The van der Waals surface area contributed by atoms with Crippen molar-refractivity contribution < 1.29 is 35.1 Å². The molecule has 4 nitrogen and oxygen atoms in total. The number of nitrogens with zero attached hydrogens (tertiary/aromatic N) is 1. The van der Waals surface area contributed by atoms with Crippen molar-refractivity contribution in [3.8, 4) is 17.0 Å². The summed E-state index contributed by atoms with van der Waals surface area (Å²) in [4.78, 5) is 4.42. The molecule has 2 N–H and O–H groups in total. The van der Waals surface area contributed by atoms with E-state index < -0.39 is 12.2 Å². The molecule has 0 saturated carbocycles. The minimum absolute atomic E-state index is 0. The average molecular weight is 693 g/mol. The summed E-state index contributed by atoms with van der Waals surface area (Å²) in [5, 5.41) is 25.0. The van der Waals surface area contributed by atoms with Gasteiger partial charge in [-0.05, 0) is 46.9 Å². The van der Waals surface area contributed by atoms with Crippen LogP contribution >= 0.6 is 0 Å². The molecule has 0 amide bonds. The molecule has 0 bridgehead atoms. The van der Waals surface area contributed by atoms with E-state index in [9.17, 15) is 10.2 Å². The Bertz CT molecular complexity index is 1300. The number of fused-ring (bicyclic) bond motifs is 3. The number of pyridine rings is 1. The molecule has 5 heteroatoms. The molecular formula is C33H42IrNO3-. The van der Waals surface area contributed by atoms with Gasteiger partial charge in [-0.3, -0.25) is 0 Å². The van der Waals surface area contributed by atoms with Crippen LogP contribution in [0.25, 0.3) is 32.8 Å². The van der Waals surface area contributed by atoms with Crippen molar-refractivity contribution in [2.24, 2.45) is 10.8 Å². The number of aromatic nitrogens is 1. The van der Waals surface area contributed by atoms with E-state index in [1.54, 1.807) is 13.3 Å². The van der Waals surface area contributed by atoms with Crippen molar-refractivity contribution in [2.45, 2.75) is 73.0 Å². The van der Waals surface area contributed by atoms with E-state index in [-0.39, 0.29) is 30.9 Å². The van der Waals surface area contributed by atoms with Crippen LogP contribution in [-0.2, 0) is 20.1 Å². The van der Waals surface area contributed by atoms with Crippen LogP contribution in [0.5, 0.6) is 5.75 Å². The third kappa shape index (κ3) is 7.63. The number of aliphatic hydroxyl groups is 2. The second-order valence-corrected chi connectivity index (χ2v) is 11.2. The van der Waals surface area contributed by atoms with Crippen molar-refractivity contribution in [3.63, 3.8) is 0 Å². The summed E-state index contributed by atoms with van der Waals surface area (Å²) in [6.45, 7) is 12.3. The van der Waals surface area contributed by atoms with Gasteiger partial charge in [-0.1, -0.05) is 88.7 Å². The molecule has 0 spiro atoms. The Labute approximate surface area is 241 Å². The Kier molecular flexibility index (Phi) is 11.5. The van der Waals surface area contributed by atoms with Crippen LogP contribution in [0.3, 0.4) is 0 Å². The predicted octanol–water partition coefficient (Wildman–Crippen LogP) is 7.83. The molecule has 0 saturated heterocycles. The van der Waals surface area contributed by atoms with E-state index in [0.29, 0.717) is 6.42 Å². The zero-order chi connectivity index (χ0) is 27.2. The topological polar surface area (TPSA) is 62.6 Å². The molecule has 2 unspecified atom stereocenters. The summed E-state index contributed by atoms with van der Waals surface area (Å²) in [5.74, 6) is 0.803. The van der Waals surface area contributed by atoms with Gasteiger partial charge < -0.3 is 19.9 Å². The van der Waals surface area contributed by atoms with E-state index >= 15 is 0 Å². The van der Waals surface area contributed by atoms with E-state index in [4.69, 9.17) is 4.74 Å². The van der Waals surface area contributed by atoms with Gasteiger partial charge in [0, 0.05) is 32.7 Å². The standard InChI is InChI=1S/C20H14NO.C13H28O2.Ir/c1-22-17-10-11-21-20(13-17)16-8-9-19-15(12-16)7-6-14-4-2-3-5-18(14)19;1-7-12(3,4)10(14)9-11(15)13(5,6)8-2;/h2-7,9-13H,1H3;10-11,14-15H,7-9H2,1-6H3;/q-1;;. The molecule has 0 aliphatic heterocycles. The van der Waals surface area contributed by atoms with Crippen molar-refractivity contribution in [1.29, 1.82) is 0 Å².